The molecule has 0 bridgehead atoms. The van der Waals surface area contributed by atoms with E-state index >= 15 is 0 Å². The summed E-state index contributed by atoms with van der Waals surface area (Å²) in [6.07, 6.45) is 4.43. The van der Waals surface area contributed by atoms with Crippen LogP contribution in [0.25, 0.3) is 11.1 Å². The number of carbonyl (C=O) groups is 1. The molecule has 1 fully saturated rings. The quantitative estimate of drug-likeness (QED) is 0.885. The summed E-state index contributed by atoms with van der Waals surface area (Å²) in [6.45, 7) is 1.53. The van der Waals surface area contributed by atoms with Crippen LogP contribution in [0.4, 0.5) is 0 Å². The number of amides is 1. The molecule has 3 rings (SSSR count). The Morgan fingerprint density at radius 2 is 2.04 bits per heavy atom. The molecule has 25 heavy (non-hydrogen) atoms. The van der Waals surface area contributed by atoms with E-state index in [-0.39, 0.29) is 11.8 Å². The van der Waals surface area contributed by atoms with Gasteiger partial charge in [0, 0.05) is 25.2 Å². The third-order valence-corrected chi connectivity index (χ3v) is 5.08. The Kier molecular flexibility index (Phi) is 5.24. The van der Waals surface area contributed by atoms with Crippen molar-refractivity contribution < 1.29 is 17.6 Å². The number of rotatable bonds is 5. The molecule has 1 N–H and O–H groups in total. The average molecular weight is 362 g/mol. The van der Waals surface area contributed by atoms with E-state index < -0.39 is 10.0 Å². The van der Waals surface area contributed by atoms with Crippen molar-refractivity contribution in [2.45, 2.75) is 12.8 Å². The van der Waals surface area contributed by atoms with E-state index in [9.17, 15) is 13.2 Å². The SMILES string of the molecule is CS(=O)(=O)NC[C@H]1CCCN(C(=O)c2occc2-c2ccccc2)C1. The highest BCUT2D eigenvalue weighted by Gasteiger charge is 2.28. The Hall–Kier alpha value is -2.12. The largest absolute Gasteiger partial charge is 0.459 e. The second-order valence-electron chi connectivity index (χ2n) is 6.41. The molecule has 1 aromatic heterocycles. The van der Waals surface area contributed by atoms with E-state index in [1.54, 1.807) is 11.0 Å². The van der Waals surface area contributed by atoms with Crippen LogP contribution in [0.1, 0.15) is 23.4 Å². The zero-order valence-electron chi connectivity index (χ0n) is 14.1. The number of furan rings is 1. The first-order chi connectivity index (χ1) is 11.9. The average Bonchev–Trinajstić information content (AvgIpc) is 3.09. The maximum Gasteiger partial charge on any atom is 0.290 e. The summed E-state index contributed by atoms with van der Waals surface area (Å²) in [5, 5.41) is 0. The lowest BCUT2D eigenvalue weighted by atomic mass is 9.97. The molecule has 2 heterocycles. The maximum absolute atomic E-state index is 12.9. The third kappa shape index (κ3) is 4.49. The smallest absolute Gasteiger partial charge is 0.290 e. The lowest BCUT2D eigenvalue weighted by molar-refractivity contribution is 0.0645. The summed E-state index contributed by atoms with van der Waals surface area (Å²) < 4.78 is 30.6. The second-order valence-corrected chi connectivity index (χ2v) is 8.24. The van der Waals surface area contributed by atoms with E-state index in [1.165, 1.54) is 6.26 Å². The van der Waals surface area contributed by atoms with Crippen molar-refractivity contribution in [1.82, 2.24) is 9.62 Å². The van der Waals surface area contributed by atoms with Gasteiger partial charge in [-0.05, 0) is 30.4 Å². The normalized spacial score (nSPS) is 18.3. The molecule has 6 nitrogen and oxygen atoms in total. The Morgan fingerprint density at radius 1 is 1.28 bits per heavy atom. The van der Waals surface area contributed by atoms with Crippen LogP contribution in [-0.4, -0.2) is 45.1 Å². The zero-order chi connectivity index (χ0) is 17.9. The van der Waals surface area contributed by atoms with Crippen molar-refractivity contribution in [3.8, 4) is 11.1 Å². The first-order valence-corrected chi connectivity index (χ1v) is 10.2. The van der Waals surface area contributed by atoms with Gasteiger partial charge in [0.1, 0.15) is 0 Å². The number of nitrogens with one attached hydrogen (secondary N) is 1. The number of likely N-dealkylation sites (tertiary alicyclic amines) is 1. The van der Waals surface area contributed by atoms with Gasteiger partial charge in [-0.3, -0.25) is 4.79 Å². The maximum atomic E-state index is 12.9. The van der Waals surface area contributed by atoms with Gasteiger partial charge >= 0.3 is 0 Å². The minimum absolute atomic E-state index is 0.113. The summed E-state index contributed by atoms with van der Waals surface area (Å²) >= 11 is 0. The highest BCUT2D eigenvalue weighted by atomic mass is 32.2. The van der Waals surface area contributed by atoms with Crippen LogP contribution in [0.5, 0.6) is 0 Å². The molecule has 1 aromatic carbocycles. The first-order valence-electron chi connectivity index (χ1n) is 8.31. The Bertz CT molecular complexity index is 830. The lowest BCUT2D eigenvalue weighted by Crippen LogP contribution is -2.43. The van der Waals surface area contributed by atoms with E-state index in [1.807, 2.05) is 30.3 Å². The Balaban J connectivity index is 1.72. The summed E-state index contributed by atoms with van der Waals surface area (Å²) in [4.78, 5) is 14.6. The van der Waals surface area contributed by atoms with Gasteiger partial charge in [-0.15, -0.1) is 0 Å². The number of hydrogen-bond acceptors (Lipinski definition) is 4. The fourth-order valence-electron chi connectivity index (χ4n) is 3.15. The third-order valence-electron chi connectivity index (χ3n) is 4.38. The van der Waals surface area contributed by atoms with E-state index in [0.29, 0.717) is 25.4 Å². The molecule has 0 unspecified atom stereocenters. The van der Waals surface area contributed by atoms with Crippen LogP contribution >= 0.6 is 0 Å². The standard InChI is InChI=1S/C18H22N2O4S/c1-25(22,23)19-12-14-6-5-10-20(13-14)18(21)17-16(9-11-24-17)15-7-3-2-4-8-15/h2-4,7-9,11,14,19H,5-6,10,12-13H2,1H3/t14-/m1/s1. The molecule has 134 valence electrons. The van der Waals surface area contributed by atoms with Crippen molar-refractivity contribution >= 4 is 15.9 Å². The monoisotopic (exact) mass is 362 g/mol. The van der Waals surface area contributed by atoms with Crippen molar-refractivity contribution in [1.29, 1.82) is 0 Å². The molecule has 1 aliphatic rings. The highest BCUT2D eigenvalue weighted by molar-refractivity contribution is 7.88. The summed E-state index contributed by atoms with van der Waals surface area (Å²) in [5.74, 6) is 0.304. The van der Waals surface area contributed by atoms with Crippen molar-refractivity contribution in [3.05, 3.63) is 48.4 Å². The molecule has 2 aromatic rings. The minimum atomic E-state index is -3.22. The molecule has 1 atom stereocenters. The number of carbonyl (C=O) groups excluding carboxylic acids is 1. The van der Waals surface area contributed by atoms with Gasteiger partial charge in [-0.2, -0.15) is 0 Å². The highest BCUT2D eigenvalue weighted by Crippen LogP contribution is 2.27. The molecule has 1 saturated heterocycles. The molecular weight excluding hydrogens is 340 g/mol. The number of benzene rings is 1. The van der Waals surface area contributed by atoms with Gasteiger partial charge in [0.25, 0.3) is 5.91 Å². The molecular formula is C18H22N2O4S. The number of nitrogens with zero attached hydrogens (tertiary/aromatic N) is 1. The van der Waals surface area contributed by atoms with Crippen molar-refractivity contribution in [3.63, 3.8) is 0 Å². The fraction of sp³-hybridized carbons (Fsp3) is 0.389. The zero-order valence-corrected chi connectivity index (χ0v) is 15.0. The van der Waals surface area contributed by atoms with E-state index in [4.69, 9.17) is 4.42 Å². The van der Waals surface area contributed by atoms with Gasteiger partial charge < -0.3 is 9.32 Å². The van der Waals surface area contributed by atoms with Gasteiger partial charge in [0.15, 0.2) is 5.76 Å². The summed E-state index contributed by atoms with van der Waals surface area (Å²) in [5.41, 5.74) is 1.72. The molecule has 0 radical (unpaired) electrons. The molecule has 7 heteroatoms. The Morgan fingerprint density at radius 3 is 2.76 bits per heavy atom. The van der Waals surface area contributed by atoms with Gasteiger partial charge in [-0.1, -0.05) is 30.3 Å². The molecule has 0 saturated carbocycles. The van der Waals surface area contributed by atoms with Crippen LogP contribution in [0, 0.1) is 5.92 Å². The molecule has 0 aliphatic carbocycles. The Labute approximate surface area is 147 Å². The van der Waals surface area contributed by atoms with Gasteiger partial charge in [-0.25, -0.2) is 13.1 Å². The van der Waals surface area contributed by atoms with Gasteiger partial charge in [0.05, 0.1) is 12.5 Å². The minimum Gasteiger partial charge on any atom is -0.459 e. The first kappa shape index (κ1) is 17.7. The molecule has 0 spiro atoms. The van der Waals surface area contributed by atoms with Crippen molar-refractivity contribution in [2.75, 3.05) is 25.9 Å². The van der Waals surface area contributed by atoms with Crippen molar-refractivity contribution in [2.24, 2.45) is 5.92 Å². The predicted molar refractivity (Wildman–Crippen MR) is 95.6 cm³/mol. The summed E-state index contributed by atoms with van der Waals surface area (Å²) in [7, 11) is -3.22. The van der Waals surface area contributed by atoms with Crippen LogP contribution in [-0.2, 0) is 10.0 Å². The predicted octanol–water partition coefficient (Wildman–Crippen LogP) is 2.35. The fourth-order valence-corrected chi connectivity index (χ4v) is 3.69. The van der Waals surface area contributed by atoms with E-state index in [2.05, 4.69) is 4.72 Å². The lowest BCUT2D eigenvalue weighted by Gasteiger charge is -2.32. The number of piperidine rings is 1. The van der Waals surface area contributed by atoms with Crippen LogP contribution in [0.3, 0.4) is 0 Å². The second kappa shape index (κ2) is 7.41. The van der Waals surface area contributed by atoms with Gasteiger partial charge in [0.2, 0.25) is 10.0 Å². The van der Waals surface area contributed by atoms with Crippen LogP contribution < -0.4 is 4.72 Å². The molecule has 1 aliphatic heterocycles. The number of sulfonamides is 1. The molecule has 1 amide bonds. The van der Waals surface area contributed by atoms with E-state index in [0.717, 1.165) is 30.2 Å². The topological polar surface area (TPSA) is 79.6 Å². The summed E-state index contributed by atoms with van der Waals surface area (Å²) in [6, 6.07) is 11.5. The van der Waals surface area contributed by atoms with Crippen LogP contribution in [0.15, 0.2) is 47.1 Å². The number of hydrogen-bond donors (Lipinski definition) is 1. The van der Waals surface area contributed by atoms with Crippen LogP contribution in [0.2, 0.25) is 0 Å².